The molecule has 0 bridgehead atoms. The second kappa shape index (κ2) is 5.05. The van der Waals surface area contributed by atoms with Crippen LogP contribution in [0.5, 0.6) is 0 Å². The van der Waals surface area contributed by atoms with Gasteiger partial charge in [0.2, 0.25) is 10.0 Å². The van der Waals surface area contributed by atoms with Crippen LogP contribution in [-0.2, 0) is 10.0 Å². The van der Waals surface area contributed by atoms with Crippen molar-refractivity contribution in [2.75, 3.05) is 0 Å². The lowest BCUT2D eigenvalue weighted by Gasteiger charge is -2.38. The van der Waals surface area contributed by atoms with Crippen molar-refractivity contribution < 1.29 is 13.6 Å². The first-order valence-corrected chi connectivity index (χ1v) is 7.64. The summed E-state index contributed by atoms with van der Waals surface area (Å²) in [4.78, 5) is 0. The summed E-state index contributed by atoms with van der Waals surface area (Å²) in [6.45, 7) is 4.87. The topological polar surface area (TPSA) is 105 Å². The highest BCUT2D eigenvalue weighted by Gasteiger charge is 2.43. The Morgan fingerprint density at radius 2 is 1.78 bits per heavy atom. The lowest BCUT2D eigenvalue weighted by molar-refractivity contribution is 0.293. The van der Waals surface area contributed by atoms with Crippen LogP contribution < -0.4 is 10.5 Å². The normalized spacial score (nSPS) is 21.8. The number of sulfonamides is 1. The van der Waals surface area contributed by atoms with Crippen molar-refractivity contribution in [1.29, 1.82) is 0 Å². The Balaban J connectivity index is 3.08. The van der Waals surface area contributed by atoms with Crippen LogP contribution in [0.1, 0.15) is 52.9 Å². The third-order valence-electron chi connectivity index (χ3n) is 3.44. The quantitative estimate of drug-likeness (QED) is 0.311. The number of hydrogen-bond donors (Lipinski definition) is 3. The second-order valence-electron chi connectivity index (χ2n) is 5.85. The van der Waals surface area contributed by atoms with E-state index >= 15 is 0 Å². The fourth-order valence-electron chi connectivity index (χ4n) is 2.07. The Labute approximate surface area is 109 Å². The molecule has 4 N–H and O–H groups in total. The van der Waals surface area contributed by atoms with Crippen LogP contribution in [-0.4, -0.2) is 29.7 Å². The van der Waals surface area contributed by atoms with Crippen molar-refractivity contribution in [3.8, 4) is 0 Å². The van der Waals surface area contributed by atoms with Gasteiger partial charge in [-0.25, -0.2) is 13.1 Å². The first-order chi connectivity index (χ1) is 8.15. The minimum absolute atomic E-state index is 0.0463. The van der Waals surface area contributed by atoms with Crippen molar-refractivity contribution in [2.45, 2.75) is 63.2 Å². The Hall–Kier alpha value is -0.820. The summed E-state index contributed by atoms with van der Waals surface area (Å²) < 4.78 is 26.2. The van der Waals surface area contributed by atoms with E-state index in [9.17, 15) is 8.42 Å². The molecular formula is C11H23N3O3S. The molecule has 18 heavy (non-hydrogen) atoms. The van der Waals surface area contributed by atoms with Gasteiger partial charge in [0.05, 0.1) is 10.3 Å². The predicted octanol–water partition coefficient (Wildman–Crippen LogP) is 1.15. The Bertz CT molecular complexity index is 417. The summed E-state index contributed by atoms with van der Waals surface area (Å²) >= 11 is 0. The Kier molecular flexibility index (Phi) is 4.27. The molecule has 6 nitrogen and oxygen atoms in total. The number of nitrogens with zero attached hydrogens (tertiary/aromatic N) is 1. The van der Waals surface area contributed by atoms with Crippen LogP contribution in [0.25, 0.3) is 0 Å². The molecule has 0 atom stereocenters. The van der Waals surface area contributed by atoms with Gasteiger partial charge in [-0.1, -0.05) is 24.4 Å². The molecule has 106 valence electrons. The fraction of sp³-hybridized carbons (Fsp3) is 0.909. The average molecular weight is 277 g/mol. The second-order valence-corrected chi connectivity index (χ2v) is 8.28. The third-order valence-corrected chi connectivity index (χ3v) is 5.71. The standard InChI is InChI=1S/C11H23N3O3S/c1-10(2,3)18(16,17)14-11(9(12)13-15)7-5-4-6-8-11/h14-15H,4-8H2,1-3H3,(H2,12,13). The van der Waals surface area contributed by atoms with E-state index in [4.69, 9.17) is 10.9 Å². The van der Waals surface area contributed by atoms with E-state index in [0.29, 0.717) is 12.8 Å². The molecule has 1 aliphatic rings. The predicted molar refractivity (Wildman–Crippen MR) is 71.0 cm³/mol. The van der Waals surface area contributed by atoms with Crippen LogP contribution in [0.15, 0.2) is 5.16 Å². The molecule has 0 aromatic carbocycles. The molecule has 0 unspecified atom stereocenters. The number of hydrogen-bond acceptors (Lipinski definition) is 4. The first kappa shape index (κ1) is 15.2. The van der Waals surface area contributed by atoms with E-state index in [2.05, 4.69) is 9.88 Å². The Morgan fingerprint density at radius 3 is 2.17 bits per heavy atom. The molecule has 7 heteroatoms. The number of nitrogens with two attached hydrogens (primary N) is 1. The summed E-state index contributed by atoms with van der Waals surface area (Å²) in [5.74, 6) is -0.0463. The maximum Gasteiger partial charge on any atom is 0.217 e. The largest absolute Gasteiger partial charge is 0.409 e. The zero-order valence-electron chi connectivity index (χ0n) is 11.2. The highest BCUT2D eigenvalue weighted by molar-refractivity contribution is 7.90. The van der Waals surface area contributed by atoms with Crippen molar-refractivity contribution in [3.63, 3.8) is 0 Å². The first-order valence-electron chi connectivity index (χ1n) is 6.16. The minimum Gasteiger partial charge on any atom is -0.409 e. The van der Waals surface area contributed by atoms with Crippen LogP contribution in [0, 0.1) is 0 Å². The third kappa shape index (κ3) is 2.95. The monoisotopic (exact) mass is 277 g/mol. The van der Waals surface area contributed by atoms with Gasteiger partial charge in [-0.05, 0) is 33.6 Å². The van der Waals surface area contributed by atoms with Crippen molar-refractivity contribution in [1.82, 2.24) is 4.72 Å². The molecular weight excluding hydrogens is 254 g/mol. The summed E-state index contributed by atoms with van der Waals surface area (Å²) in [6.07, 6.45) is 3.90. The maximum absolute atomic E-state index is 12.2. The smallest absolute Gasteiger partial charge is 0.217 e. The SMILES string of the molecule is CC(C)(C)S(=O)(=O)NC1(/C(N)=N/O)CCCCC1. The van der Waals surface area contributed by atoms with Crippen molar-refractivity contribution in [2.24, 2.45) is 10.9 Å². The van der Waals surface area contributed by atoms with Crippen LogP contribution >= 0.6 is 0 Å². The molecule has 0 amide bonds. The van der Waals surface area contributed by atoms with Crippen molar-refractivity contribution in [3.05, 3.63) is 0 Å². The molecule has 0 saturated heterocycles. The van der Waals surface area contributed by atoms with Gasteiger partial charge in [0, 0.05) is 0 Å². The van der Waals surface area contributed by atoms with Crippen LogP contribution in [0.3, 0.4) is 0 Å². The summed E-state index contributed by atoms with van der Waals surface area (Å²) in [7, 11) is -3.53. The highest BCUT2D eigenvalue weighted by Crippen LogP contribution is 2.31. The lowest BCUT2D eigenvalue weighted by atomic mass is 9.82. The molecule has 0 heterocycles. The van der Waals surface area contributed by atoms with E-state index in [1.54, 1.807) is 20.8 Å². The van der Waals surface area contributed by atoms with Gasteiger partial charge in [-0.3, -0.25) is 0 Å². The van der Waals surface area contributed by atoms with E-state index in [1.165, 1.54) is 0 Å². The number of oxime groups is 1. The van der Waals surface area contributed by atoms with Gasteiger partial charge < -0.3 is 10.9 Å². The highest BCUT2D eigenvalue weighted by atomic mass is 32.2. The summed E-state index contributed by atoms with van der Waals surface area (Å²) in [6, 6.07) is 0. The molecule has 1 fully saturated rings. The van der Waals surface area contributed by atoms with E-state index in [0.717, 1.165) is 19.3 Å². The van der Waals surface area contributed by atoms with E-state index < -0.39 is 20.3 Å². The zero-order valence-corrected chi connectivity index (χ0v) is 12.0. The Morgan fingerprint density at radius 1 is 1.28 bits per heavy atom. The molecule has 0 radical (unpaired) electrons. The average Bonchev–Trinajstić information content (AvgIpc) is 2.27. The molecule has 1 saturated carbocycles. The molecule has 1 rings (SSSR count). The summed E-state index contributed by atoms with van der Waals surface area (Å²) in [5, 5.41) is 11.9. The van der Waals surface area contributed by atoms with Crippen molar-refractivity contribution >= 4 is 15.9 Å². The van der Waals surface area contributed by atoms with Gasteiger partial charge in [0.1, 0.15) is 0 Å². The van der Waals surface area contributed by atoms with Crippen LogP contribution in [0.2, 0.25) is 0 Å². The molecule has 0 aliphatic heterocycles. The molecule has 0 spiro atoms. The number of rotatable bonds is 3. The van der Waals surface area contributed by atoms with Gasteiger partial charge in [0.15, 0.2) is 5.84 Å². The van der Waals surface area contributed by atoms with Gasteiger partial charge in [0.25, 0.3) is 0 Å². The van der Waals surface area contributed by atoms with Gasteiger partial charge in [-0.15, -0.1) is 0 Å². The van der Waals surface area contributed by atoms with Gasteiger partial charge >= 0.3 is 0 Å². The lowest BCUT2D eigenvalue weighted by Crippen LogP contribution is -2.61. The molecule has 1 aliphatic carbocycles. The summed E-state index contributed by atoms with van der Waals surface area (Å²) in [5.41, 5.74) is 4.77. The van der Waals surface area contributed by atoms with Gasteiger partial charge in [-0.2, -0.15) is 0 Å². The van der Waals surface area contributed by atoms with E-state index in [1.807, 2.05) is 0 Å². The fourth-order valence-corrected chi connectivity index (χ4v) is 3.20. The zero-order chi connectivity index (χ0) is 14.0. The number of amidine groups is 1. The maximum atomic E-state index is 12.2. The van der Waals surface area contributed by atoms with E-state index in [-0.39, 0.29) is 5.84 Å². The minimum atomic E-state index is -3.53. The molecule has 0 aromatic heterocycles. The molecule has 0 aromatic rings. The number of nitrogens with one attached hydrogen (secondary N) is 1. The van der Waals surface area contributed by atoms with Crippen LogP contribution in [0.4, 0.5) is 0 Å².